The smallest absolute Gasteiger partial charge is 0.0820 e. The Morgan fingerprint density at radius 3 is 3.06 bits per heavy atom. The largest absolute Gasteiger partial charge is 0.383 e. The number of aromatic nitrogens is 3. The normalized spacial score (nSPS) is 12.4. The average Bonchev–Trinajstić information content (AvgIpc) is 2.81. The maximum absolute atomic E-state index is 6.01. The Morgan fingerprint density at radius 2 is 2.35 bits per heavy atom. The Balaban J connectivity index is 1.84. The van der Waals surface area contributed by atoms with Gasteiger partial charge in [-0.25, -0.2) is 0 Å². The van der Waals surface area contributed by atoms with Crippen LogP contribution in [0.3, 0.4) is 0 Å². The van der Waals surface area contributed by atoms with E-state index in [2.05, 4.69) is 22.3 Å². The molecule has 17 heavy (non-hydrogen) atoms. The molecule has 0 aromatic carbocycles. The van der Waals surface area contributed by atoms with Crippen LogP contribution in [0.25, 0.3) is 0 Å². The Morgan fingerprint density at radius 1 is 1.47 bits per heavy atom. The number of pyridine rings is 1. The third-order valence-electron chi connectivity index (χ3n) is 2.47. The van der Waals surface area contributed by atoms with E-state index in [-0.39, 0.29) is 0 Å². The van der Waals surface area contributed by atoms with E-state index in [1.807, 2.05) is 23.0 Å². The Hall–Kier alpha value is -1.55. The highest BCUT2D eigenvalue weighted by Crippen LogP contribution is 2.19. The molecule has 0 saturated heterocycles. The summed E-state index contributed by atoms with van der Waals surface area (Å²) in [5.74, 6) is 0.471. The zero-order valence-corrected chi connectivity index (χ0v) is 10.4. The SMILES string of the molecule is C[C@H](CNc1ccncc1Cl)Cn1cccn1. The minimum absolute atomic E-state index is 0.471. The van der Waals surface area contributed by atoms with Crippen LogP contribution in [0.5, 0.6) is 0 Å². The molecule has 0 amide bonds. The van der Waals surface area contributed by atoms with Crippen LogP contribution < -0.4 is 5.32 Å². The first-order valence-electron chi connectivity index (χ1n) is 5.56. The van der Waals surface area contributed by atoms with Crippen molar-refractivity contribution in [1.82, 2.24) is 14.8 Å². The summed E-state index contributed by atoms with van der Waals surface area (Å²) < 4.78 is 1.93. The summed E-state index contributed by atoms with van der Waals surface area (Å²) in [5.41, 5.74) is 0.925. The van der Waals surface area contributed by atoms with Crippen molar-refractivity contribution < 1.29 is 0 Å². The zero-order valence-electron chi connectivity index (χ0n) is 9.68. The molecule has 0 aliphatic carbocycles. The van der Waals surface area contributed by atoms with E-state index in [1.165, 1.54) is 0 Å². The van der Waals surface area contributed by atoms with Gasteiger partial charge in [0, 0.05) is 37.9 Å². The molecule has 90 valence electrons. The summed E-state index contributed by atoms with van der Waals surface area (Å²) in [6.45, 7) is 3.91. The lowest BCUT2D eigenvalue weighted by atomic mass is 10.2. The summed E-state index contributed by atoms with van der Waals surface area (Å²) in [6.07, 6.45) is 7.13. The summed E-state index contributed by atoms with van der Waals surface area (Å²) in [5, 5.41) is 8.15. The standard InChI is InChI=1S/C12H15ClN4/c1-10(9-17-6-2-4-16-17)7-15-12-3-5-14-8-11(12)13/h2-6,8,10H,7,9H2,1H3,(H,14,15)/t10-/m1/s1. The Kier molecular flexibility index (Phi) is 3.98. The molecule has 0 unspecified atom stereocenters. The predicted octanol–water partition coefficient (Wildman–Crippen LogP) is 2.68. The summed E-state index contributed by atoms with van der Waals surface area (Å²) in [4.78, 5) is 3.95. The van der Waals surface area contributed by atoms with E-state index in [1.54, 1.807) is 18.6 Å². The summed E-state index contributed by atoms with van der Waals surface area (Å²) >= 11 is 6.01. The van der Waals surface area contributed by atoms with Crippen LogP contribution >= 0.6 is 11.6 Å². The number of rotatable bonds is 5. The highest BCUT2D eigenvalue weighted by atomic mass is 35.5. The quantitative estimate of drug-likeness (QED) is 0.887. The van der Waals surface area contributed by atoms with E-state index >= 15 is 0 Å². The predicted molar refractivity (Wildman–Crippen MR) is 69.1 cm³/mol. The first kappa shape index (κ1) is 11.9. The maximum atomic E-state index is 6.01. The molecular formula is C12H15ClN4. The first-order chi connectivity index (χ1) is 8.25. The fourth-order valence-electron chi connectivity index (χ4n) is 1.60. The molecule has 0 aliphatic heterocycles. The molecule has 0 bridgehead atoms. The fourth-order valence-corrected chi connectivity index (χ4v) is 1.78. The summed E-state index contributed by atoms with van der Waals surface area (Å²) in [6, 6.07) is 3.81. The molecule has 1 atom stereocenters. The molecule has 2 rings (SSSR count). The lowest BCUT2D eigenvalue weighted by molar-refractivity contribution is 0.468. The molecule has 5 heteroatoms. The topological polar surface area (TPSA) is 42.7 Å². The number of hydrogen-bond donors (Lipinski definition) is 1. The van der Waals surface area contributed by atoms with Crippen molar-refractivity contribution in [3.63, 3.8) is 0 Å². The number of nitrogens with zero attached hydrogens (tertiary/aromatic N) is 3. The van der Waals surface area contributed by atoms with Crippen molar-refractivity contribution in [3.05, 3.63) is 41.9 Å². The molecule has 0 spiro atoms. The second-order valence-corrected chi connectivity index (χ2v) is 4.48. The van der Waals surface area contributed by atoms with Crippen LogP contribution in [0.4, 0.5) is 5.69 Å². The number of nitrogens with one attached hydrogen (secondary N) is 1. The Labute approximate surface area is 106 Å². The molecule has 4 nitrogen and oxygen atoms in total. The molecule has 0 aliphatic rings. The van der Waals surface area contributed by atoms with Gasteiger partial charge in [-0.15, -0.1) is 0 Å². The average molecular weight is 251 g/mol. The van der Waals surface area contributed by atoms with Crippen LogP contribution in [0.15, 0.2) is 36.9 Å². The van der Waals surface area contributed by atoms with Gasteiger partial charge in [0.05, 0.1) is 10.7 Å². The molecule has 0 saturated carbocycles. The van der Waals surface area contributed by atoms with E-state index in [0.29, 0.717) is 10.9 Å². The molecule has 2 aromatic heterocycles. The van der Waals surface area contributed by atoms with Gasteiger partial charge in [-0.2, -0.15) is 5.10 Å². The van der Waals surface area contributed by atoms with E-state index in [9.17, 15) is 0 Å². The van der Waals surface area contributed by atoms with Crippen molar-refractivity contribution in [2.45, 2.75) is 13.5 Å². The zero-order chi connectivity index (χ0) is 12.1. The van der Waals surface area contributed by atoms with Crippen molar-refractivity contribution in [2.24, 2.45) is 5.92 Å². The monoisotopic (exact) mass is 250 g/mol. The van der Waals surface area contributed by atoms with Crippen molar-refractivity contribution in [1.29, 1.82) is 0 Å². The molecular weight excluding hydrogens is 236 g/mol. The van der Waals surface area contributed by atoms with E-state index in [4.69, 9.17) is 11.6 Å². The van der Waals surface area contributed by atoms with E-state index in [0.717, 1.165) is 18.8 Å². The van der Waals surface area contributed by atoms with Gasteiger partial charge >= 0.3 is 0 Å². The van der Waals surface area contributed by atoms with Gasteiger partial charge in [0.1, 0.15) is 0 Å². The molecule has 2 heterocycles. The van der Waals surface area contributed by atoms with Gasteiger partial charge in [0.25, 0.3) is 0 Å². The molecule has 0 radical (unpaired) electrons. The first-order valence-corrected chi connectivity index (χ1v) is 5.94. The van der Waals surface area contributed by atoms with Gasteiger partial charge in [-0.3, -0.25) is 9.67 Å². The molecule has 1 N–H and O–H groups in total. The van der Waals surface area contributed by atoms with Gasteiger partial charge in [0.2, 0.25) is 0 Å². The summed E-state index contributed by atoms with van der Waals surface area (Å²) in [7, 11) is 0. The van der Waals surface area contributed by atoms with Crippen molar-refractivity contribution in [3.8, 4) is 0 Å². The molecule has 2 aromatic rings. The highest BCUT2D eigenvalue weighted by molar-refractivity contribution is 6.33. The van der Waals surface area contributed by atoms with Crippen molar-refractivity contribution >= 4 is 17.3 Å². The highest BCUT2D eigenvalue weighted by Gasteiger charge is 2.05. The van der Waals surface area contributed by atoms with Crippen LogP contribution in [0.1, 0.15) is 6.92 Å². The lowest BCUT2D eigenvalue weighted by Crippen LogP contribution is -2.17. The third-order valence-corrected chi connectivity index (χ3v) is 2.77. The van der Waals surface area contributed by atoms with Gasteiger partial charge in [0.15, 0.2) is 0 Å². The third kappa shape index (κ3) is 3.46. The number of halogens is 1. The van der Waals surface area contributed by atoms with Gasteiger partial charge < -0.3 is 5.32 Å². The van der Waals surface area contributed by atoms with Crippen LogP contribution in [-0.4, -0.2) is 21.3 Å². The lowest BCUT2D eigenvalue weighted by Gasteiger charge is -2.14. The van der Waals surface area contributed by atoms with Crippen molar-refractivity contribution in [2.75, 3.05) is 11.9 Å². The van der Waals surface area contributed by atoms with Gasteiger partial charge in [-0.05, 0) is 18.1 Å². The Bertz CT molecular complexity index is 455. The van der Waals surface area contributed by atoms with Crippen LogP contribution in [0.2, 0.25) is 5.02 Å². The van der Waals surface area contributed by atoms with Gasteiger partial charge in [-0.1, -0.05) is 18.5 Å². The van der Waals surface area contributed by atoms with Crippen LogP contribution in [-0.2, 0) is 6.54 Å². The fraction of sp³-hybridized carbons (Fsp3) is 0.333. The minimum Gasteiger partial charge on any atom is -0.383 e. The number of anilines is 1. The second kappa shape index (κ2) is 5.68. The number of hydrogen-bond acceptors (Lipinski definition) is 3. The second-order valence-electron chi connectivity index (χ2n) is 4.07. The van der Waals surface area contributed by atoms with E-state index < -0.39 is 0 Å². The molecule has 0 fully saturated rings. The minimum atomic E-state index is 0.471. The van der Waals surface area contributed by atoms with Crippen LogP contribution in [0, 0.1) is 5.92 Å². The maximum Gasteiger partial charge on any atom is 0.0820 e.